The van der Waals surface area contributed by atoms with Crippen molar-refractivity contribution in [1.82, 2.24) is 10.2 Å². The van der Waals surface area contributed by atoms with Crippen molar-refractivity contribution in [2.75, 3.05) is 11.9 Å². The summed E-state index contributed by atoms with van der Waals surface area (Å²) in [4.78, 5) is 13.6. The molecule has 5 nitrogen and oxygen atoms in total. The molecule has 5 heteroatoms. The van der Waals surface area contributed by atoms with Crippen molar-refractivity contribution in [1.29, 1.82) is 5.26 Å². The molecule has 1 amide bonds. The fourth-order valence-electron chi connectivity index (χ4n) is 1.49. The number of anilines is 1. The Morgan fingerprint density at radius 1 is 1.22 bits per heavy atom. The van der Waals surface area contributed by atoms with Gasteiger partial charge in [0.15, 0.2) is 0 Å². The Hall–Kier alpha value is -2.74. The lowest BCUT2D eigenvalue weighted by Gasteiger charge is -2.16. The van der Waals surface area contributed by atoms with Gasteiger partial charge in [-0.25, -0.2) is 0 Å². The van der Waals surface area contributed by atoms with E-state index in [0.29, 0.717) is 11.1 Å². The van der Waals surface area contributed by atoms with E-state index in [1.807, 2.05) is 6.07 Å². The third-order valence-corrected chi connectivity index (χ3v) is 2.52. The fourth-order valence-corrected chi connectivity index (χ4v) is 1.49. The first-order valence-electron chi connectivity index (χ1n) is 5.27. The number of aromatic nitrogens is 2. The molecule has 0 aliphatic rings. The molecule has 0 radical (unpaired) electrons. The van der Waals surface area contributed by atoms with Crippen molar-refractivity contribution < 1.29 is 4.79 Å². The van der Waals surface area contributed by atoms with E-state index in [2.05, 4.69) is 10.2 Å². The molecule has 1 heterocycles. The number of nitriles is 1. The summed E-state index contributed by atoms with van der Waals surface area (Å²) in [6.07, 6.45) is 2.89. The van der Waals surface area contributed by atoms with Crippen LogP contribution in [-0.4, -0.2) is 23.2 Å². The Kier molecular flexibility index (Phi) is 3.30. The number of amides is 1. The lowest BCUT2D eigenvalue weighted by molar-refractivity contribution is 0.0992. The van der Waals surface area contributed by atoms with Crippen LogP contribution in [0.15, 0.2) is 42.7 Å². The van der Waals surface area contributed by atoms with Crippen LogP contribution in [0.5, 0.6) is 0 Å². The molecule has 0 unspecified atom stereocenters. The quantitative estimate of drug-likeness (QED) is 0.797. The Morgan fingerprint density at radius 3 is 2.50 bits per heavy atom. The summed E-state index contributed by atoms with van der Waals surface area (Å²) in [5.74, 6) is -0.172. The molecule has 0 spiro atoms. The van der Waals surface area contributed by atoms with Crippen molar-refractivity contribution in [2.45, 2.75) is 0 Å². The van der Waals surface area contributed by atoms with Crippen molar-refractivity contribution in [3.8, 4) is 6.07 Å². The van der Waals surface area contributed by atoms with E-state index in [0.717, 1.165) is 5.69 Å². The van der Waals surface area contributed by atoms with E-state index < -0.39 is 0 Å². The Bertz CT molecular complexity index is 587. The molecule has 1 aromatic heterocycles. The monoisotopic (exact) mass is 238 g/mol. The first kappa shape index (κ1) is 11.7. The minimum atomic E-state index is -0.172. The molecule has 0 fully saturated rings. The molecule has 0 atom stereocenters. The molecular formula is C13H10N4O. The first-order valence-corrected chi connectivity index (χ1v) is 5.27. The average Bonchev–Trinajstić information content (AvgIpc) is 2.47. The summed E-state index contributed by atoms with van der Waals surface area (Å²) in [6, 6.07) is 10.4. The van der Waals surface area contributed by atoms with Crippen molar-refractivity contribution in [3.63, 3.8) is 0 Å². The molecule has 0 saturated carbocycles. The minimum Gasteiger partial charge on any atom is -0.311 e. The van der Waals surface area contributed by atoms with Crippen LogP contribution >= 0.6 is 0 Å². The highest BCUT2D eigenvalue weighted by molar-refractivity contribution is 6.05. The summed E-state index contributed by atoms with van der Waals surface area (Å²) in [5.41, 5.74) is 1.75. The van der Waals surface area contributed by atoms with Gasteiger partial charge in [0, 0.05) is 12.7 Å². The van der Waals surface area contributed by atoms with Gasteiger partial charge in [0.25, 0.3) is 5.91 Å². The van der Waals surface area contributed by atoms with E-state index in [4.69, 9.17) is 5.26 Å². The van der Waals surface area contributed by atoms with Gasteiger partial charge < -0.3 is 4.90 Å². The summed E-state index contributed by atoms with van der Waals surface area (Å²) < 4.78 is 0. The Labute approximate surface area is 104 Å². The smallest absolute Gasteiger partial charge is 0.259 e. The van der Waals surface area contributed by atoms with Gasteiger partial charge in [-0.15, -0.1) is 0 Å². The normalized spacial score (nSPS) is 9.56. The van der Waals surface area contributed by atoms with Crippen LogP contribution in [0, 0.1) is 11.3 Å². The zero-order chi connectivity index (χ0) is 13.0. The lowest BCUT2D eigenvalue weighted by Crippen LogP contribution is -2.26. The van der Waals surface area contributed by atoms with Gasteiger partial charge >= 0.3 is 0 Å². The van der Waals surface area contributed by atoms with Crippen LogP contribution < -0.4 is 4.90 Å². The van der Waals surface area contributed by atoms with Crippen LogP contribution in [0.3, 0.4) is 0 Å². The molecule has 1 aromatic carbocycles. The van der Waals surface area contributed by atoms with Crippen LogP contribution in [-0.2, 0) is 0 Å². The van der Waals surface area contributed by atoms with E-state index in [9.17, 15) is 4.79 Å². The van der Waals surface area contributed by atoms with Gasteiger partial charge in [0.2, 0.25) is 0 Å². The van der Waals surface area contributed by atoms with Gasteiger partial charge in [-0.05, 0) is 30.3 Å². The zero-order valence-electron chi connectivity index (χ0n) is 9.74. The highest BCUT2D eigenvalue weighted by Crippen LogP contribution is 2.15. The van der Waals surface area contributed by atoms with Gasteiger partial charge in [-0.3, -0.25) is 4.79 Å². The molecule has 0 aliphatic heterocycles. The maximum absolute atomic E-state index is 12.1. The highest BCUT2D eigenvalue weighted by atomic mass is 16.2. The molecule has 18 heavy (non-hydrogen) atoms. The maximum atomic E-state index is 12.1. The molecule has 0 saturated heterocycles. The van der Waals surface area contributed by atoms with Crippen molar-refractivity contribution >= 4 is 11.6 Å². The van der Waals surface area contributed by atoms with E-state index in [1.165, 1.54) is 17.3 Å². The Morgan fingerprint density at radius 2 is 1.94 bits per heavy atom. The predicted molar refractivity (Wildman–Crippen MR) is 65.9 cm³/mol. The summed E-state index contributed by atoms with van der Waals surface area (Å²) >= 11 is 0. The molecule has 88 valence electrons. The fraction of sp³-hybridized carbons (Fsp3) is 0.0769. The standard InChI is InChI=1S/C13H10N4O/c1-17(12-4-2-10(8-14)3-5-12)13(18)11-6-7-15-16-9-11/h2-7,9H,1H3. The molecular weight excluding hydrogens is 228 g/mol. The zero-order valence-corrected chi connectivity index (χ0v) is 9.74. The summed E-state index contributed by atoms with van der Waals surface area (Å²) in [7, 11) is 1.67. The van der Waals surface area contributed by atoms with E-state index in [1.54, 1.807) is 37.4 Å². The van der Waals surface area contributed by atoms with Crippen LogP contribution in [0.4, 0.5) is 5.69 Å². The number of benzene rings is 1. The lowest BCUT2D eigenvalue weighted by atomic mass is 10.2. The number of hydrogen-bond donors (Lipinski definition) is 0. The second-order valence-electron chi connectivity index (χ2n) is 3.65. The number of rotatable bonds is 2. The van der Waals surface area contributed by atoms with Gasteiger partial charge in [0.1, 0.15) is 0 Å². The third kappa shape index (κ3) is 2.33. The van der Waals surface area contributed by atoms with Crippen LogP contribution in [0.2, 0.25) is 0 Å². The van der Waals surface area contributed by atoms with Crippen molar-refractivity contribution in [3.05, 3.63) is 53.9 Å². The highest BCUT2D eigenvalue weighted by Gasteiger charge is 2.13. The van der Waals surface area contributed by atoms with E-state index >= 15 is 0 Å². The average molecular weight is 238 g/mol. The van der Waals surface area contributed by atoms with E-state index in [-0.39, 0.29) is 5.91 Å². The second kappa shape index (κ2) is 5.06. The number of carbonyl (C=O) groups excluding carboxylic acids is 1. The SMILES string of the molecule is CN(C(=O)c1ccnnc1)c1ccc(C#N)cc1. The first-order chi connectivity index (χ1) is 8.72. The van der Waals surface area contributed by atoms with Crippen LogP contribution in [0.1, 0.15) is 15.9 Å². The molecule has 2 aromatic rings. The Balaban J connectivity index is 2.23. The van der Waals surface area contributed by atoms with Gasteiger partial charge in [0.05, 0.1) is 29.6 Å². The maximum Gasteiger partial charge on any atom is 0.259 e. The van der Waals surface area contributed by atoms with Crippen LogP contribution in [0.25, 0.3) is 0 Å². The number of carbonyl (C=O) groups is 1. The third-order valence-electron chi connectivity index (χ3n) is 2.52. The summed E-state index contributed by atoms with van der Waals surface area (Å²) in [6.45, 7) is 0. The van der Waals surface area contributed by atoms with Gasteiger partial charge in [-0.1, -0.05) is 0 Å². The largest absolute Gasteiger partial charge is 0.311 e. The topological polar surface area (TPSA) is 69.9 Å². The molecule has 0 N–H and O–H groups in total. The van der Waals surface area contributed by atoms with Crippen molar-refractivity contribution in [2.24, 2.45) is 0 Å². The molecule has 0 aliphatic carbocycles. The number of hydrogen-bond acceptors (Lipinski definition) is 4. The molecule has 2 rings (SSSR count). The number of nitrogens with zero attached hydrogens (tertiary/aromatic N) is 4. The minimum absolute atomic E-state index is 0.172. The predicted octanol–water partition coefficient (Wildman–Crippen LogP) is 1.62. The summed E-state index contributed by atoms with van der Waals surface area (Å²) in [5, 5.41) is 16.0. The molecule has 0 bridgehead atoms. The van der Waals surface area contributed by atoms with Gasteiger partial charge in [-0.2, -0.15) is 15.5 Å². The second-order valence-corrected chi connectivity index (χ2v) is 3.65.